The molecule has 0 aliphatic carbocycles. The molecule has 4 rings (SSSR count). The molecule has 0 aromatic heterocycles. The van der Waals surface area contributed by atoms with E-state index in [1.807, 2.05) is 54.6 Å². The minimum Gasteiger partial charge on any atom is -0.469 e. The van der Waals surface area contributed by atoms with Crippen LogP contribution in [0.5, 0.6) is 0 Å². The highest BCUT2D eigenvalue weighted by Crippen LogP contribution is 2.33. The standard InChI is InChI=1S/C24H25NO4S/c1-29-24(26)16-18-7-4-10-20(15-18)21-11-6-14-25(17-21)30(27,28)23-13-5-9-19-8-2-3-12-22(19)23/h2-5,7-10,12-13,15,21H,6,11,14,16-17H2,1H3. The van der Waals surface area contributed by atoms with Gasteiger partial charge in [0.2, 0.25) is 10.0 Å². The predicted molar refractivity (Wildman–Crippen MR) is 117 cm³/mol. The third-order valence-electron chi connectivity index (χ3n) is 5.75. The van der Waals surface area contributed by atoms with Crippen LogP contribution in [0.1, 0.15) is 29.9 Å². The number of ether oxygens (including phenoxy) is 1. The molecule has 1 saturated heterocycles. The van der Waals surface area contributed by atoms with Crippen LogP contribution in [0.4, 0.5) is 0 Å². The molecule has 1 aliphatic rings. The monoisotopic (exact) mass is 423 g/mol. The first-order valence-electron chi connectivity index (χ1n) is 10.1. The number of carbonyl (C=O) groups excluding carboxylic acids is 1. The van der Waals surface area contributed by atoms with Crippen LogP contribution in [0.25, 0.3) is 10.8 Å². The van der Waals surface area contributed by atoms with Crippen LogP contribution in [0.15, 0.2) is 71.6 Å². The van der Waals surface area contributed by atoms with Crippen LogP contribution in [0.3, 0.4) is 0 Å². The molecule has 1 fully saturated rings. The fourth-order valence-electron chi connectivity index (χ4n) is 4.19. The van der Waals surface area contributed by atoms with Gasteiger partial charge >= 0.3 is 5.97 Å². The number of nitrogens with zero attached hydrogens (tertiary/aromatic N) is 1. The number of benzene rings is 3. The van der Waals surface area contributed by atoms with E-state index < -0.39 is 10.0 Å². The molecule has 3 aromatic rings. The van der Waals surface area contributed by atoms with Gasteiger partial charge in [0, 0.05) is 18.5 Å². The Morgan fingerprint density at radius 2 is 1.83 bits per heavy atom. The van der Waals surface area contributed by atoms with E-state index in [9.17, 15) is 13.2 Å². The molecular formula is C24H25NO4S. The summed E-state index contributed by atoms with van der Waals surface area (Å²) in [5.41, 5.74) is 1.95. The molecule has 0 spiro atoms. The summed E-state index contributed by atoms with van der Waals surface area (Å²) >= 11 is 0. The van der Waals surface area contributed by atoms with Gasteiger partial charge in [-0.3, -0.25) is 4.79 Å². The SMILES string of the molecule is COC(=O)Cc1cccc(C2CCCN(S(=O)(=O)c3cccc4ccccc34)C2)c1. The van der Waals surface area contributed by atoms with Crippen LogP contribution < -0.4 is 0 Å². The van der Waals surface area contributed by atoms with Crippen molar-refractivity contribution in [2.24, 2.45) is 0 Å². The zero-order valence-electron chi connectivity index (χ0n) is 17.0. The van der Waals surface area contributed by atoms with Crippen molar-refractivity contribution in [1.29, 1.82) is 0 Å². The summed E-state index contributed by atoms with van der Waals surface area (Å²) in [6.45, 7) is 0.955. The Labute approximate surface area is 177 Å². The third kappa shape index (κ3) is 4.11. The fourth-order valence-corrected chi connectivity index (χ4v) is 5.93. The topological polar surface area (TPSA) is 63.7 Å². The number of carbonyl (C=O) groups is 1. The first kappa shape index (κ1) is 20.6. The highest BCUT2D eigenvalue weighted by molar-refractivity contribution is 7.89. The lowest BCUT2D eigenvalue weighted by molar-refractivity contribution is -0.139. The van der Waals surface area contributed by atoms with Gasteiger partial charge in [0.15, 0.2) is 0 Å². The first-order valence-corrected chi connectivity index (χ1v) is 11.6. The van der Waals surface area contributed by atoms with E-state index in [1.165, 1.54) is 7.11 Å². The van der Waals surface area contributed by atoms with Gasteiger partial charge in [0.1, 0.15) is 0 Å². The van der Waals surface area contributed by atoms with Crippen LogP contribution in [0, 0.1) is 0 Å². The second kappa shape index (κ2) is 8.58. The molecule has 30 heavy (non-hydrogen) atoms. The largest absolute Gasteiger partial charge is 0.469 e. The van der Waals surface area contributed by atoms with Crippen molar-refractivity contribution in [2.45, 2.75) is 30.1 Å². The Morgan fingerprint density at radius 1 is 1.07 bits per heavy atom. The molecule has 0 radical (unpaired) electrons. The van der Waals surface area contributed by atoms with Gasteiger partial charge in [-0.2, -0.15) is 4.31 Å². The molecule has 1 unspecified atom stereocenters. The van der Waals surface area contributed by atoms with Crippen molar-refractivity contribution in [3.8, 4) is 0 Å². The van der Waals surface area contributed by atoms with E-state index >= 15 is 0 Å². The van der Waals surface area contributed by atoms with E-state index in [1.54, 1.807) is 16.4 Å². The van der Waals surface area contributed by atoms with Gasteiger partial charge in [0.25, 0.3) is 0 Å². The normalized spacial score (nSPS) is 17.7. The Balaban J connectivity index is 1.61. The number of methoxy groups -OCH3 is 1. The predicted octanol–water partition coefficient (Wildman–Crippen LogP) is 4.12. The molecule has 0 bridgehead atoms. The molecule has 1 aliphatic heterocycles. The lowest BCUT2D eigenvalue weighted by Gasteiger charge is -2.32. The molecule has 3 aromatic carbocycles. The van der Waals surface area contributed by atoms with Gasteiger partial charge in [-0.05, 0) is 41.3 Å². The van der Waals surface area contributed by atoms with Gasteiger partial charge in [0.05, 0.1) is 18.4 Å². The first-order chi connectivity index (χ1) is 14.5. The summed E-state index contributed by atoms with van der Waals surface area (Å²) in [5.74, 6) is -0.183. The van der Waals surface area contributed by atoms with E-state index in [4.69, 9.17) is 4.74 Å². The van der Waals surface area contributed by atoms with Gasteiger partial charge < -0.3 is 4.74 Å². The fraction of sp³-hybridized carbons (Fsp3) is 0.292. The van der Waals surface area contributed by atoms with Crippen molar-refractivity contribution < 1.29 is 17.9 Å². The lowest BCUT2D eigenvalue weighted by atomic mass is 9.90. The second-order valence-corrected chi connectivity index (χ2v) is 9.58. The summed E-state index contributed by atoms with van der Waals surface area (Å²) < 4.78 is 33.4. The van der Waals surface area contributed by atoms with E-state index in [-0.39, 0.29) is 18.3 Å². The third-order valence-corrected chi connectivity index (χ3v) is 7.67. The Kier molecular flexibility index (Phi) is 5.88. The minimum absolute atomic E-state index is 0.0982. The highest BCUT2D eigenvalue weighted by Gasteiger charge is 2.32. The molecule has 1 atom stereocenters. The smallest absolute Gasteiger partial charge is 0.309 e. The molecule has 5 nitrogen and oxygen atoms in total. The number of fused-ring (bicyclic) bond motifs is 1. The molecule has 156 valence electrons. The molecule has 0 N–H and O–H groups in total. The maximum atomic E-state index is 13.5. The molecule has 6 heteroatoms. The summed E-state index contributed by atoms with van der Waals surface area (Å²) in [4.78, 5) is 12.0. The molecular weight excluding hydrogens is 398 g/mol. The summed E-state index contributed by atoms with van der Waals surface area (Å²) in [7, 11) is -2.23. The Morgan fingerprint density at radius 3 is 2.67 bits per heavy atom. The Bertz CT molecular complexity index is 1170. The van der Waals surface area contributed by atoms with Crippen molar-refractivity contribution in [3.05, 3.63) is 77.9 Å². The number of rotatable bonds is 5. The van der Waals surface area contributed by atoms with Gasteiger partial charge in [-0.25, -0.2) is 8.42 Å². The highest BCUT2D eigenvalue weighted by atomic mass is 32.2. The summed E-state index contributed by atoms with van der Waals surface area (Å²) in [6, 6.07) is 20.8. The Hall–Kier alpha value is -2.70. The van der Waals surface area contributed by atoms with Crippen molar-refractivity contribution in [3.63, 3.8) is 0 Å². The van der Waals surface area contributed by atoms with E-state index in [0.717, 1.165) is 34.7 Å². The van der Waals surface area contributed by atoms with Gasteiger partial charge in [-0.1, -0.05) is 60.7 Å². The van der Waals surface area contributed by atoms with Crippen molar-refractivity contribution >= 4 is 26.8 Å². The average Bonchev–Trinajstić information content (AvgIpc) is 2.79. The molecule has 0 saturated carbocycles. The van der Waals surface area contributed by atoms with Crippen molar-refractivity contribution in [2.75, 3.05) is 20.2 Å². The summed E-state index contributed by atoms with van der Waals surface area (Å²) in [5, 5.41) is 1.67. The number of hydrogen-bond acceptors (Lipinski definition) is 4. The van der Waals surface area contributed by atoms with Crippen LogP contribution in [0.2, 0.25) is 0 Å². The maximum Gasteiger partial charge on any atom is 0.309 e. The number of sulfonamides is 1. The van der Waals surface area contributed by atoms with E-state index in [2.05, 4.69) is 0 Å². The van der Waals surface area contributed by atoms with Crippen LogP contribution in [-0.4, -0.2) is 38.9 Å². The van der Waals surface area contributed by atoms with Gasteiger partial charge in [-0.15, -0.1) is 0 Å². The van der Waals surface area contributed by atoms with Crippen molar-refractivity contribution in [1.82, 2.24) is 4.31 Å². The number of esters is 1. The van der Waals surface area contributed by atoms with E-state index in [0.29, 0.717) is 18.0 Å². The lowest BCUT2D eigenvalue weighted by Crippen LogP contribution is -2.39. The number of piperidine rings is 1. The molecule has 0 amide bonds. The second-order valence-electron chi connectivity index (χ2n) is 7.68. The quantitative estimate of drug-likeness (QED) is 0.579. The average molecular weight is 424 g/mol. The summed E-state index contributed by atoms with van der Waals surface area (Å²) in [6.07, 6.45) is 1.94. The minimum atomic E-state index is -3.60. The number of hydrogen-bond donors (Lipinski definition) is 0. The van der Waals surface area contributed by atoms with Crippen LogP contribution in [-0.2, 0) is 26.0 Å². The zero-order chi connectivity index (χ0) is 21.1. The molecule has 1 heterocycles. The maximum absolute atomic E-state index is 13.5. The van der Waals surface area contributed by atoms with Crippen LogP contribution >= 0.6 is 0 Å². The zero-order valence-corrected chi connectivity index (χ0v) is 17.8.